The number of nitrogens with zero attached hydrogens (tertiary/aromatic N) is 1. The van der Waals surface area contributed by atoms with Crippen LogP contribution in [0.15, 0.2) is 23.9 Å². The molecule has 0 fully saturated rings. The summed E-state index contributed by atoms with van der Waals surface area (Å²) in [5.74, 6) is -0.718. The van der Waals surface area contributed by atoms with Gasteiger partial charge in [0.25, 0.3) is 0 Å². The van der Waals surface area contributed by atoms with Gasteiger partial charge in [0.2, 0.25) is 5.70 Å². The lowest BCUT2D eigenvalue weighted by Gasteiger charge is -1.98. The van der Waals surface area contributed by atoms with Crippen LogP contribution in [0, 0.1) is 10.1 Å². The summed E-state index contributed by atoms with van der Waals surface area (Å²) in [6, 6.07) is 0. The quantitative estimate of drug-likeness (QED) is 0.187. The Labute approximate surface area is 139 Å². The van der Waals surface area contributed by atoms with Gasteiger partial charge >= 0.3 is 5.97 Å². The molecule has 0 aromatic rings. The summed E-state index contributed by atoms with van der Waals surface area (Å²) in [5.41, 5.74) is 0.335. The number of carbonyl (C=O) groups is 1. The van der Waals surface area contributed by atoms with Crippen molar-refractivity contribution < 1.29 is 14.8 Å². The summed E-state index contributed by atoms with van der Waals surface area (Å²) in [7, 11) is 0. The van der Waals surface area contributed by atoms with Crippen LogP contribution in [0.3, 0.4) is 0 Å². The van der Waals surface area contributed by atoms with E-state index in [1.54, 1.807) is 6.08 Å². The number of carboxylic acids is 1. The summed E-state index contributed by atoms with van der Waals surface area (Å²) in [6.07, 6.45) is 16.2. The molecule has 0 rings (SSSR count). The molecule has 0 unspecified atom stereocenters. The van der Waals surface area contributed by atoms with E-state index < -0.39 is 5.97 Å². The maximum atomic E-state index is 10.9. The number of carboxylic acid groups (broad SMARTS) is 1. The van der Waals surface area contributed by atoms with Crippen LogP contribution in [0.2, 0.25) is 0 Å². The Balaban J connectivity index is 3.68. The highest BCUT2D eigenvalue weighted by molar-refractivity contribution is 5.66. The van der Waals surface area contributed by atoms with Gasteiger partial charge in [-0.15, -0.1) is 0 Å². The van der Waals surface area contributed by atoms with E-state index in [1.807, 2.05) is 6.08 Å². The van der Waals surface area contributed by atoms with Gasteiger partial charge in [0, 0.05) is 12.8 Å². The zero-order chi connectivity index (χ0) is 17.3. The van der Waals surface area contributed by atoms with Crippen molar-refractivity contribution in [2.75, 3.05) is 0 Å². The van der Waals surface area contributed by atoms with Gasteiger partial charge in [0.15, 0.2) is 0 Å². The van der Waals surface area contributed by atoms with Gasteiger partial charge in [0.05, 0.1) is 4.92 Å². The molecule has 1 N–H and O–H groups in total. The summed E-state index contributed by atoms with van der Waals surface area (Å²) in [5, 5.41) is 19.4. The van der Waals surface area contributed by atoms with E-state index in [0.717, 1.165) is 57.8 Å². The Bertz CT molecular complexity index is 388. The van der Waals surface area contributed by atoms with Crippen LogP contribution < -0.4 is 0 Å². The zero-order valence-electron chi connectivity index (χ0n) is 14.3. The Morgan fingerprint density at radius 3 is 2.30 bits per heavy atom. The molecule has 0 aliphatic carbocycles. The van der Waals surface area contributed by atoms with Gasteiger partial charge in [-0.3, -0.25) is 14.9 Å². The van der Waals surface area contributed by atoms with Crippen molar-refractivity contribution in [2.45, 2.75) is 84.0 Å². The lowest BCUT2D eigenvalue weighted by Crippen LogP contribution is -1.98. The molecule has 132 valence electrons. The van der Waals surface area contributed by atoms with E-state index >= 15 is 0 Å². The predicted molar refractivity (Wildman–Crippen MR) is 92.9 cm³/mol. The second kappa shape index (κ2) is 15.3. The highest BCUT2D eigenvalue weighted by atomic mass is 16.6. The van der Waals surface area contributed by atoms with Gasteiger partial charge in [0.1, 0.15) is 0 Å². The number of hydrogen-bond acceptors (Lipinski definition) is 3. The van der Waals surface area contributed by atoms with Crippen molar-refractivity contribution in [3.05, 3.63) is 34.0 Å². The molecule has 0 bridgehead atoms. The number of nitro groups is 1. The fraction of sp³-hybridized carbons (Fsp3) is 0.722. The molecule has 0 aromatic heterocycles. The monoisotopic (exact) mass is 325 g/mol. The van der Waals surface area contributed by atoms with Crippen molar-refractivity contribution in [3.8, 4) is 0 Å². The van der Waals surface area contributed by atoms with Crippen molar-refractivity contribution in [1.82, 2.24) is 0 Å². The molecule has 0 amide bonds. The molecule has 0 saturated carbocycles. The minimum Gasteiger partial charge on any atom is -0.481 e. The van der Waals surface area contributed by atoms with Crippen LogP contribution in [0.4, 0.5) is 0 Å². The smallest absolute Gasteiger partial charge is 0.303 e. The molecule has 5 heteroatoms. The highest BCUT2D eigenvalue weighted by Gasteiger charge is 2.08. The molecular formula is C18H31NO4. The highest BCUT2D eigenvalue weighted by Crippen LogP contribution is 2.11. The zero-order valence-corrected chi connectivity index (χ0v) is 14.3. The Morgan fingerprint density at radius 2 is 1.65 bits per heavy atom. The van der Waals surface area contributed by atoms with Crippen LogP contribution in [0.5, 0.6) is 0 Å². The van der Waals surface area contributed by atoms with Crippen LogP contribution in [-0.2, 0) is 4.79 Å². The summed E-state index contributed by atoms with van der Waals surface area (Å²) >= 11 is 0. The minimum absolute atomic E-state index is 0.263. The Morgan fingerprint density at radius 1 is 1.00 bits per heavy atom. The van der Waals surface area contributed by atoms with E-state index in [1.165, 1.54) is 0 Å². The SMILES string of the molecule is CCCCCC(=CCC=CCCCCCCCC(=O)O)[N+](=O)[O-]. The second-order valence-electron chi connectivity index (χ2n) is 5.82. The van der Waals surface area contributed by atoms with E-state index in [2.05, 4.69) is 13.0 Å². The molecule has 0 spiro atoms. The lowest BCUT2D eigenvalue weighted by atomic mass is 10.1. The maximum absolute atomic E-state index is 10.9. The standard InChI is InChI=1S/C18H31NO4/c1-2-3-11-14-17(19(22)23)15-12-9-7-5-4-6-8-10-13-16-18(20)21/h7,9,15H,2-6,8,10-14,16H2,1H3,(H,20,21). The summed E-state index contributed by atoms with van der Waals surface area (Å²) in [6.45, 7) is 2.09. The van der Waals surface area contributed by atoms with Gasteiger partial charge in [-0.1, -0.05) is 51.2 Å². The fourth-order valence-electron chi connectivity index (χ4n) is 2.31. The van der Waals surface area contributed by atoms with Crippen molar-refractivity contribution in [3.63, 3.8) is 0 Å². The number of hydrogen-bond donors (Lipinski definition) is 1. The first-order valence-corrected chi connectivity index (χ1v) is 8.78. The number of rotatable bonds is 15. The average molecular weight is 325 g/mol. The molecule has 0 aliphatic rings. The van der Waals surface area contributed by atoms with Crippen molar-refractivity contribution in [1.29, 1.82) is 0 Å². The predicted octanol–water partition coefficient (Wildman–Crippen LogP) is 5.49. The topological polar surface area (TPSA) is 80.4 Å². The van der Waals surface area contributed by atoms with Crippen molar-refractivity contribution >= 4 is 5.97 Å². The third kappa shape index (κ3) is 15.0. The second-order valence-corrected chi connectivity index (χ2v) is 5.82. The van der Waals surface area contributed by atoms with E-state index in [-0.39, 0.29) is 11.3 Å². The van der Waals surface area contributed by atoms with E-state index in [0.29, 0.717) is 18.5 Å². The normalized spacial score (nSPS) is 12.0. The number of allylic oxidation sites excluding steroid dienone is 4. The van der Waals surface area contributed by atoms with Crippen LogP contribution in [0.1, 0.15) is 84.0 Å². The van der Waals surface area contributed by atoms with Gasteiger partial charge in [-0.2, -0.15) is 0 Å². The van der Waals surface area contributed by atoms with E-state index in [4.69, 9.17) is 5.11 Å². The van der Waals surface area contributed by atoms with Gasteiger partial charge in [-0.25, -0.2) is 0 Å². The molecule has 0 heterocycles. The maximum Gasteiger partial charge on any atom is 0.303 e. The number of aliphatic carboxylic acids is 1. The van der Waals surface area contributed by atoms with Gasteiger partial charge in [-0.05, 0) is 38.2 Å². The number of unbranched alkanes of at least 4 members (excludes halogenated alkanes) is 7. The molecule has 0 atom stereocenters. The first kappa shape index (κ1) is 21.4. The summed E-state index contributed by atoms with van der Waals surface area (Å²) in [4.78, 5) is 21.0. The van der Waals surface area contributed by atoms with Crippen LogP contribution in [-0.4, -0.2) is 16.0 Å². The van der Waals surface area contributed by atoms with E-state index in [9.17, 15) is 14.9 Å². The van der Waals surface area contributed by atoms with Crippen LogP contribution >= 0.6 is 0 Å². The molecule has 0 radical (unpaired) electrons. The van der Waals surface area contributed by atoms with Crippen LogP contribution in [0.25, 0.3) is 0 Å². The molecule has 0 saturated heterocycles. The van der Waals surface area contributed by atoms with Crippen molar-refractivity contribution in [2.24, 2.45) is 0 Å². The third-order valence-electron chi connectivity index (χ3n) is 3.69. The molecule has 0 aliphatic heterocycles. The first-order chi connectivity index (χ1) is 11.1. The minimum atomic E-state index is -0.718. The Kier molecular flexibility index (Phi) is 14.2. The molecular weight excluding hydrogens is 294 g/mol. The third-order valence-corrected chi connectivity index (χ3v) is 3.69. The molecule has 23 heavy (non-hydrogen) atoms. The molecule has 0 aromatic carbocycles. The molecule has 5 nitrogen and oxygen atoms in total. The largest absolute Gasteiger partial charge is 0.481 e. The first-order valence-electron chi connectivity index (χ1n) is 8.78. The Hall–Kier alpha value is -1.65. The average Bonchev–Trinajstić information content (AvgIpc) is 2.50. The van der Waals surface area contributed by atoms with Gasteiger partial charge < -0.3 is 5.11 Å². The fourth-order valence-corrected chi connectivity index (χ4v) is 2.31. The lowest BCUT2D eigenvalue weighted by molar-refractivity contribution is -0.428. The summed E-state index contributed by atoms with van der Waals surface area (Å²) < 4.78 is 0.